The molecule has 122 valence electrons. The van der Waals surface area contributed by atoms with E-state index in [0.29, 0.717) is 23.2 Å². The number of nitrogens with one attached hydrogen (secondary N) is 1. The van der Waals surface area contributed by atoms with Crippen molar-refractivity contribution in [2.24, 2.45) is 5.92 Å². The number of ether oxygens (including phenoxy) is 3. The molecule has 5 heteroatoms. The standard InChI is InChI=1S/C17H25NO4/c1-12-6-4-5-7-16(12)18-17(19)11-22-15-9-13(20-2)8-14(10-15)21-3/h8-10,12,16H,4-7,11H2,1-3H3,(H,18,19)/t12-,16+/m1/s1. The first-order valence-corrected chi connectivity index (χ1v) is 7.77. The third-order valence-corrected chi connectivity index (χ3v) is 4.15. The first-order valence-electron chi connectivity index (χ1n) is 7.77. The van der Waals surface area contributed by atoms with Crippen LogP contribution < -0.4 is 19.5 Å². The third-order valence-electron chi connectivity index (χ3n) is 4.15. The fourth-order valence-corrected chi connectivity index (χ4v) is 2.79. The third kappa shape index (κ3) is 4.55. The van der Waals surface area contributed by atoms with Gasteiger partial charge in [0.25, 0.3) is 5.91 Å². The van der Waals surface area contributed by atoms with Crippen LogP contribution in [0.25, 0.3) is 0 Å². The van der Waals surface area contributed by atoms with Crippen LogP contribution in [0.4, 0.5) is 0 Å². The predicted octanol–water partition coefficient (Wildman–Crippen LogP) is 2.78. The Labute approximate surface area is 131 Å². The van der Waals surface area contributed by atoms with Crippen LogP contribution in [-0.4, -0.2) is 32.8 Å². The molecular formula is C17H25NO4. The lowest BCUT2D eigenvalue weighted by Gasteiger charge is -2.29. The van der Waals surface area contributed by atoms with Crippen LogP contribution in [0, 0.1) is 5.92 Å². The normalized spacial score (nSPS) is 21.0. The number of hydrogen-bond donors (Lipinski definition) is 1. The molecule has 2 rings (SSSR count). The Bertz CT molecular complexity index is 481. The molecule has 1 saturated carbocycles. The van der Waals surface area contributed by atoms with Crippen molar-refractivity contribution in [2.45, 2.75) is 38.6 Å². The molecule has 0 bridgehead atoms. The molecule has 1 N–H and O–H groups in total. The van der Waals surface area contributed by atoms with Crippen molar-refractivity contribution in [2.75, 3.05) is 20.8 Å². The van der Waals surface area contributed by atoms with Gasteiger partial charge < -0.3 is 19.5 Å². The van der Waals surface area contributed by atoms with E-state index < -0.39 is 0 Å². The lowest BCUT2D eigenvalue weighted by molar-refractivity contribution is -0.124. The van der Waals surface area contributed by atoms with Gasteiger partial charge in [0.05, 0.1) is 14.2 Å². The van der Waals surface area contributed by atoms with Crippen molar-refractivity contribution in [1.82, 2.24) is 5.32 Å². The number of rotatable bonds is 6. The summed E-state index contributed by atoms with van der Waals surface area (Å²) in [6, 6.07) is 5.50. The van der Waals surface area contributed by atoms with Gasteiger partial charge in [0.1, 0.15) is 17.2 Å². The summed E-state index contributed by atoms with van der Waals surface area (Å²) >= 11 is 0. The minimum absolute atomic E-state index is 0.000454. The van der Waals surface area contributed by atoms with E-state index >= 15 is 0 Å². The van der Waals surface area contributed by atoms with E-state index in [4.69, 9.17) is 14.2 Å². The van der Waals surface area contributed by atoms with E-state index in [1.54, 1.807) is 32.4 Å². The van der Waals surface area contributed by atoms with Crippen LogP contribution >= 0.6 is 0 Å². The van der Waals surface area contributed by atoms with Gasteiger partial charge in [-0.05, 0) is 18.8 Å². The molecule has 5 nitrogen and oxygen atoms in total. The van der Waals surface area contributed by atoms with Crippen molar-refractivity contribution in [1.29, 1.82) is 0 Å². The highest BCUT2D eigenvalue weighted by molar-refractivity contribution is 5.77. The molecule has 1 aliphatic rings. The molecule has 1 aliphatic carbocycles. The molecule has 0 saturated heterocycles. The largest absolute Gasteiger partial charge is 0.496 e. The molecule has 1 aromatic rings. The Hall–Kier alpha value is -1.91. The number of amides is 1. The van der Waals surface area contributed by atoms with E-state index in [0.717, 1.165) is 6.42 Å². The fraction of sp³-hybridized carbons (Fsp3) is 0.588. The number of benzene rings is 1. The Morgan fingerprint density at radius 1 is 1.09 bits per heavy atom. The smallest absolute Gasteiger partial charge is 0.258 e. The highest BCUT2D eigenvalue weighted by Crippen LogP contribution is 2.27. The highest BCUT2D eigenvalue weighted by atomic mass is 16.5. The van der Waals surface area contributed by atoms with Gasteiger partial charge in [0.15, 0.2) is 6.61 Å². The lowest BCUT2D eigenvalue weighted by atomic mass is 9.86. The summed E-state index contributed by atoms with van der Waals surface area (Å²) in [6.45, 7) is 2.19. The zero-order valence-electron chi connectivity index (χ0n) is 13.6. The Morgan fingerprint density at radius 2 is 1.68 bits per heavy atom. The highest BCUT2D eigenvalue weighted by Gasteiger charge is 2.22. The SMILES string of the molecule is COc1cc(OC)cc(OCC(=O)N[C@H]2CCCC[C@H]2C)c1. The van der Waals surface area contributed by atoms with E-state index in [2.05, 4.69) is 12.2 Å². The molecule has 0 heterocycles. The van der Waals surface area contributed by atoms with Gasteiger partial charge >= 0.3 is 0 Å². The summed E-state index contributed by atoms with van der Waals surface area (Å²) in [7, 11) is 3.16. The number of hydrogen-bond acceptors (Lipinski definition) is 4. The molecule has 0 spiro atoms. The van der Waals surface area contributed by atoms with E-state index in [9.17, 15) is 4.79 Å². The molecule has 2 atom stereocenters. The van der Waals surface area contributed by atoms with Gasteiger partial charge in [-0.15, -0.1) is 0 Å². The topological polar surface area (TPSA) is 56.8 Å². The van der Waals surface area contributed by atoms with Gasteiger partial charge in [-0.3, -0.25) is 4.79 Å². The van der Waals surface area contributed by atoms with Crippen molar-refractivity contribution in [3.8, 4) is 17.2 Å². The second kappa shape index (κ2) is 7.92. The average Bonchev–Trinajstić information content (AvgIpc) is 2.54. The van der Waals surface area contributed by atoms with Crippen LogP contribution in [0.15, 0.2) is 18.2 Å². The minimum atomic E-state index is -0.0828. The van der Waals surface area contributed by atoms with Crippen LogP contribution in [0.5, 0.6) is 17.2 Å². The molecule has 22 heavy (non-hydrogen) atoms. The van der Waals surface area contributed by atoms with Crippen LogP contribution in [0.3, 0.4) is 0 Å². The van der Waals surface area contributed by atoms with Crippen LogP contribution in [-0.2, 0) is 4.79 Å². The zero-order chi connectivity index (χ0) is 15.9. The quantitative estimate of drug-likeness (QED) is 0.878. The van der Waals surface area contributed by atoms with Crippen molar-refractivity contribution in [3.05, 3.63) is 18.2 Å². The van der Waals surface area contributed by atoms with Crippen LogP contribution in [0.1, 0.15) is 32.6 Å². The molecule has 0 unspecified atom stereocenters. The second-order valence-electron chi connectivity index (χ2n) is 5.77. The molecule has 1 aromatic carbocycles. The first kappa shape index (κ1) is 16.5. The summed E-state index contributed by atoms with van der Waals surface area (Å²) in [6.07, 6.45) is 4.68. The maximum absolute atomic E-state index is 12.0. The Morgan fingerprint density at radius 3 is 2.27 bits per heavy atom. The van der Waals surface area contributed by atoms with Gasteiger partial charge in [0, 0.05) is 24.2 Å². The molecule has 0 radical (unpaired) electrons. The van der Waals surface area contributed by atoms with Crippen molar-refractivity contribution in [3.63, 3.8) is 0 Å². The molecule has 1 fully saturated rings. The van der Waals surface area contributed by atoms with Gasteiger partial charge in [0.2, 0.25) is 0 Å². The monoisotopic (exact) mass is 307 g/mol. The summed E-state index contributed by atoms with van der Waals surface area (Å²) in [4.78, 5) is 12.0. The van der Waals surface area contributed by atoms with E-state index in [1.165, 1.54) is 19.3 Å². The maximum Gasteiger partial charge on any atom is 0.258 e. The fourth-order valence-electron chi connectivity index (χ4n) is 2.79. The maximum atomic E-state index is 12.0. The molecule has 0 aliphatic heterocycles. The minimum Gasteiger partial charge on any atom is -0.496 e. The summed E-state index contributed by atoms with van der Waals surface area (Å²) in [5, 5.41) is 3.07. The summed E-state index contributed by atoms with van der Waals surface area (Å²) in [5.41, 5.74) is 0. The average molecular weight is 307 g/mol. The van der Waals surface area contributed by atoms with E-state index in [-0.39, 0.29) is 18.6 Å². The van der Waals surface area contributed by atoms with Gasteiger partial charge in [-0.2, -0.15) is 0 Å². The number of carbonyl (C=O) groups is 1. The Kier molecular flexibility index (Phi) is 5.92. The molecule has 1 amide bonds. The number of methoxy groups -OCH3 is 2. The zero-order valence-corrected chi connectivity index (χ0v) is 13.6. The summed E-state index contributed by atoms with van der Waals surface area (Å²) < 4.78 is 15.9. The van der Waals surface area contributed by atoms with Gasteiger partial charge in [-0.25, -0.2) is 0 Å². The van der Waals surface area contributed by atoms with E-state index in [1.807, 2.05) is 0 Å². The van der Waals surface area contributed by atoms with Crippen molar-refractivity contribution < 1.29 is 19.0 Å². The number of carbonyl (C=O) groups excluding carboxylic acids is 1. The second-order valence-corrected chi connectivity index (χ2v) is 5.77. The first-order chi connectivity index (χ1) is 10.6. The van der Waals surface area contributed by atoms with Crippen LogP contribution in [0.2, 0.25) is 0 Å². The lowest BCUT2D eigenvalue weighted by Crippen LogP contribution is -2.43. The van der Waals surface area contributed by atoms with Crippen molar-refractivity contribution >= 4 is 5.91 Å². The Balaban J connectivity index is 1.87. The predicted molar refractivity (Wildman–Crippen MR) is 84.6 cm³/mol. The molecular weight excluding hydrogens is 282 g/mol. The van der Waals surface area contributed by atoms with Gasteiger partial charge in [-0.1, -0.05) is 19.8 Å². The summed E-state index contributed by atoms with van der Waals surface area (Å²) in [5.74, 6) is 2.28. The molecule has 0 aromatic heterocycles.